The number of nitrogens with zero attached hydrogens (tertiary/aromatic N) is 4. The molecule has 0 radical (unpaired) electrons. The van der Waals surface area contributed by atoms with Gasteiger partial charge in [-0.05, 0) is 19.3 Å². The molecule has 0 amide bonds. The molecule has 10 heteroatoms. The molecule has 0 bridgehead atoms. The molecule has 2 heterocycles. The standard InChI is InChI=1S/C11H18F3N7/c12-11(13,14)4-5-16-8-17-9(20-15)19-10(18-8)21-6-2-1-3-7-21/h1-7,15H2,(H2,16,17,18,19,20). The maximum Gasteiger partial charge on any atom is 0.390 e. The second kappa shape index (κ2) is 6.74. The second-order valence-corrected chi connectivity index (χ2v) is 4.77. The van der Waals surface area contributed by atoms with E-state index in [0.717, 1.165) is 32.4 Å². The van der Waals surface area contributed by atoms with Crippen LogP contribution < -0.4 is 21.5 Å². The van der Waals surface area contributed by atoms with E-state index < -0.39 is 12.6 Å². The van der Waals surface area contributed by atoms with Crippen molar-refractivity contribution in [3.05, 3.63) is 0 Å². The molecule has 1 aliphatic heterocycles. The normalized spacial score (nSPS) is 15.9. The van der Waals surface area contributed by atoms with Crippen molar-refractivity contribution in [2.24, 2.45) is 5.84 Å². The molecule has 0 saturated carbocycles. The maximum absolute atomic E-state index is 12.1. The Hall–Kier alpha value is -1.84. The zero-order chi connectivity index (χ0) is 15.3. The monoisotopic (exact) mass is 305 g/mol. The molecule has 1 saturated heterocycles. The molecule has 21 heavy (non-hydrogen) atoms. The van der Waals surface area contributed by atoms with E-state index in [1.807, 2.05) is 4.90 Å². The van der Waals surface area contributed by atoms with Crippen molar-refractivity contribution in [3.8, 4) is 0 Å². The molecule has 1 fully saturated rings. The third kappa shape index (κ3) is 4.88. The number of nitrogens with one attached hydrogen (secondary N) is 2. The summed E-state index contributed by atoms with van der Waals surface area (Å²) in [5.41, 5.74) is 2.30. The number of rotatable bonds is 5. The van der Waals surface area contributed by atoms with Crippen molar-refractivity contribution in [1.29, 1.82) is 0 Å². The number of hydrogen-bond donors (Lipinski definition) is 3. The Bertz CT molecular complexity index is 460. The van der Waals surface area contributed by atoms with E-state index in [2.05, 4.69) is 25.7 Å². The Morgan fingerprint density at radius 3 is 2.33 bits per heavy atom. The first kappa shape index (κ1) is 15.5. The molecule has 2 rings (SSSR count). The third-order valence-corrected chi connectivity index (χ3v) is 3.08. The van der Waals surface area contributed by atoms with Gasteiger partial charge in [0.1, 0.15) is 0 Å². The summed E-state index contributed by atoms with van der Waals surface area (Å²) >= 11 is 0. The van der Waals surface area contributed by atoms with E-state index in [4.69, 9.17) is 5.84 Å². The van der Waals surface area contributed by atoms with Crippen LogP contribution in [0.5, 0.6) is 0 Å². The van der Waals surface area contributed by atoms with Crippen molar-refractivity contribution in [2.45, 2.75) is 31.9 Å². The number of anilines is 3. The van der Waals surface area contributed by atoms with Crippen LogP contribution in [0.15, 0.2) is 0 Å². The van der Waals surface area contributed by atoms with Gasteiger partial charge in [0.2, 0.25) is 17.8 Å². The molecule has 0 unspecified atom stereocenters. The van der Waals surface area contributed by atoms with E-state index in [0.29, 0.717) is 5.95 Å². The van der Waals surface area contributed by atoms with Gasteiger partial charge in [-0.15, -0.1) is 0 Å². The molecule has 0 spiro atoms. The third-order valence-electron chi connectivity index (χ3n) is 3.08. The van der Waals surface area contributed by atoms with Crippen LogP contribution in [-0.2, 0) is 0 Å². The fourth-order valence-electron chi connectivity index (χ4n) is 2.06. The van der Waals surface area contributed by atoms with E-state index >= 15 is 0 Å². The van der Waals surface area contributed by atoms with Crippen LogP contribution in [0.1, 0.15) is 25.7 Å². The lowest BCUT2D eigenvalue weighted by Crippen LogP contribution is -2.32. The van der Waals surface area contributed by atoms with Crippen LogP contribution in [-0.4, -0.2) is 40.8 Å². The highest BCUT2D eigenvalue weighted by Gasteiger charge is 2.26. The minimum absolute atomic E-state index is 0.0859. The number of nitrogens with two attached hydrogens (primary N) is 1. The van der Waals surface area contributed by atoms with Crippen LogP contribution in [0.3, 0.4) is 0 Å². The Morgan fingerprint density at radius 1 is 1.05 bits per heavy atom. The molecule has 0 aliphatic carbocycles. The smallest absolute Gasteiger partial charge is 0.354 e. The summed E-state index contributed by atoms with van der Waals surface area (Å²) in [6.45, 7) is 1.34. The first-order chi connectivity index (χ1) is 9.98. The zero-order valence-electron chi connectivity index (χ0n) is 11.4. The highest BCUT2D eigenvalue weighted by molar-refractivity contribution is 5.43. The quantitative estimate of drug-likeness (QED) is 0.561. The van der Waals surface area contributed by atoms with Gasteiger partial charge in [0.05, 0.1) is 6.42 Å². The second-order valence-electron chi connectivity index (χ2n) is 4.77. The van der Waals surface area contributed by atoms with Crippen molar-refractivity contribution >= 4 is 17.8 Å². The minimum Gasteiger partial charge on any atom is -0.354 e. The molecular weight excluding hydrogens is 287 g/mol. The molecule has 1 aliphatic rings. The largest absolute Gasteiger partial charge is 0.390 e. The lowest BCUT2D eigenvalue weighted by molar-refractivity contribution is -0.131. The van der Waals surface area contributed by atoms with Gasteiger partial charge < -0.3 is 10.2 Å². The predicted octanol–water partition coefficient (Wildman–Crippen LogP) is 1.51. The summed E-state index contributed by atoms with van der Waals surface area (Å²) < 4.78 is 36.4. The van der Waals surface area contributed by atoms with Crippen molar-refractivity contribution in [3.63, 3.8) is 0 Å². The molecule has 7 nitrogen and oxygen atoms in total. The zero-order valence-corrected chi connectivity index (χ0v) is 11.4. The molecule has 0 atom stereocenters. The van der Waals surface area contributed by atoms with Crippen molar-refractivity contribution in [1.82, 2.24) is 15.0 Å². The topological polar surface area (TPSA) is 92.0 Å². The van der Waals surface area contributed by atoms with Gasteiger partial charge in [-0.2, -0.15) is 28.1 Å². The number of halogens is 3. The van der Waals surface area contributed by atoms with Gasteiger partial charge in [-0.1, -0.05) is 0 Å². The summed E-state index contributed by atoms with van der Waals surface area (Å²) in [5, 5.41) is 2.55. The number of alkyl halides is 3. The van der Waals surface area contributed by atoms with Crippen molar-refractivity contribution in [2.75, 3.05) is 35.3 Å². The van der Waals surface area contributed by atoms with Crippen LogP contribution in [0.4, 0.5) is 31.0 Å². The maximum atomic E-state index is 12.1. The summed E-state index contributed by atoms with van der Waals surface area (Å²) in [7, 11) is 0. The Labute approximate surface area is 120 Å². The Morgan fingerprint density at radius 2 is 1.71 bits per heavy atom. The molecule has 4 N–H and O–H groups in total. The lowest BCUT2D eigenvalue weighted by atomic mass is 10.1. The lowest BCUT2D eigenvalue weighted by Gasteiger charge is -2.26. The van der Waals surface area contributed by atoms with E-state index in [1.54, 1.807) is 0 Å². The van der Waals surface area contributed by atoms with Gasteiger partial charge in [0.15, 0.2) is 0 Å². The number of hydrazine groups is 1. The highest BCUT2D eigenvalue weighted by atomic mass is 19.4. The van der Waals surface area contributed by atoms with Crippen LogP contribution in [0.25, 0.3) is 0 Å². The summed E-state index contributed by atoms with van der Waals surface area (Å²) in [4.78, 5) is 14.2. The van der Waals surface area contributed by atoms with E-state index in [-0.39, 0.29) is 18.4 Å². The predicted molar refractivity (Wildman–Crippen MR) is 72.9 cm³/mol. The first-order valence-corrected chi connectivity index (χ1v) is 6.76. The number of hydrogen-bond acceptors (Lipinski definition) is 7. The number of piperidine rings is 1. The Kier molecular flexibility index (Phi) is 4.99. The summed E-state index contributed by atoms with van der Waals surface area (Å²) in [6.07, 6.45) is -1.95. The molecule has 1 aromatic rings. The van der Waals surface area contributed by atoms with Crippen LogP contribution >= 0.6 is 0 Å². The molecule has 0 aromatic carbocycles. The SMILES string of the molecule is NNc1nc(NCCC(F)(F)F)nc(N2CCCCC2)n1. The number of aromatic nitrogens is 3. The van der Waals surface area contributed by atoms with Crippen molar-refractivity contribution < 1.29 is 13.2 Å². The fraction of sp³-hybridized carbons (Fsp3) is 0.727. The Balaban J connectivity index is 2.06. The van der Waals surface area contributed by atoms with Crippen LogP contribution in [0.2, 0.25) is 0 Å². The first-order valence-electron chi connectivity index (χ1n) is 6.76. The highest BCUT2D eigenvalue weighted by Crippen LogP contribution is 2.20. The van der Waals surface area contributed by atoms with Gasteiger partial charge in [0, 0.05) is 19.6 Å². The van der Waals surface area contributed by atoms with E-state index in [9.17, 15) is 13.2 Å². The minimum atomic E-state index is -4.22. The van der Waals surface area contributed by atoms with Crippen LogP contribution in [0, 0.1) is 0 Å². The van der Waals surface area contributed by atoms with Gasteiger partial charge in [-0.3, -0.25) is 5.43 Å². The summed E-state index contributed by atoms with van der Waals surface area (Å²) in [5.74, 6) is 5.92. The van der Waals surface area contributed by atoms with Gasteiger partial charge >= 0.3 is 6.18 Å². The fourth-order valence-corrected chi connectivity index (χ4v) is 2.06. The average molecular weight is 305 g/mol. The number of nitrogen functional groups attached to an aromatic ring is 1. The molecular formula is C11H18F3N7. The van der Waals surface area contributed by atoms with E-state index in [1.165, 1.54) is 0 Å². The summed E-state index contributed by atoms with van der Waals surface area (Å²) in [6, 6.07) is 0. The average Bonchev–Trinajstić information content (AvgIpc) is 2.46. The molecule has 118 valence electrons. The van der Waals surface area contributed by atoms with Gasteiger partial charge in [-0.25, -0.2) is 5.84 Å². The van der Waals surface area contributed by atoms with Gasteiger partial charge in [0.25, 0.3) is 0 Å². The molecule has 1 aromatic heterocycles.